The Morgan fingerprint density at radius 3 is 2.62 bits per heavy atom. The summed E-state index contributed by atoms with van der Waals surface area (Å²) >= 11 is 6.00. The second-order valence-corrected chi connectivity index (χ2v) is 7.21. The molecule has 0 radical (unpaired) electrons. The fourth-order valence-electron chi connectivity index (χ4n) is 3.05. The normalized spacial score (nSPS) is 14.7. The van der Waals surface area contributed by atoms with E-state index in [2.05, 4.69) is 41.3 Å². The van der Waals surface area contributed by atoms with Crippen LogP contribution in [0.15, 0.2) is 30.6 Å². The third-order valence-corrected chi connectivity index (χ3v) is 5.08. The SMILES string of the molecule is CCC(C)(NCCCC(OC(C)=O)c1nc[nH]c1C)c1ccc(Cl)cc1. The first-order chi connectivity index (χ1) is 12.4. The number of nitrogens with one attached hydrogen (secondary N) is 2. The van der Waals surface area contributed by atoms with Gasteiger partial charge in [0.15, 0.2) is 0 Å². The van der Waals surface area contributed by atoms with Gasteiger partial charge in [0.05, 0.1) is 6.33 Å². The van der Waals surface area contributed by atoms with Crippen LogP contribution in [0.25, 0.3) is 0 Å². The summed E-state index contributed by atoms with van der Waals surface area (Å²) in [5, 5.41) is 4.38. The number of imidazole rings is 1. The van der Waals surface area contributed by atoms with Crippen molar-refractivity contribution in [3.63, 3.8) is 0 Å². The predicted octanol–water partition coefficient (Wildman–Crippen LogP) is 4.67. The van der Waals surface area contributed by atoms with Gasteiger partial charge < -0.3 is 15.0 Å². The molecule has 0 saturated heterocycles. The molecule has 0 spiro atoms. The van der Waals surface area contributed by atoms with Crippen molar-refractivity contribution >= 4 is 17.6 Å². The summed E-state index contributed by atoms with van der Waals surface area (Å²) in [6.07, 6.45) is 3.87. The third-order valence-electron chi connectivity index (χ3n) is 4.83. The lowest BCUT2D eigenvalue weighted by Crippen LogP contribution is -2.39. The van der Waals surface area contributed by atoms with E-state index in [-0.39, 0.29) is 17.6 Å². The number of benzene rings is 1. The summed E-state index contributed by atoms with van der Waals surface area (Å²) in [5.41, 5.74) is 2.83. The van der Waals surface area contributed by atoms with Gasteiger partial charge in [-0.1, -0.05) is 30.7 Å². The molecule has 0 amide bonds. The molecule has 26 heavy (non-hydrogen) atoms. The summed E-state index contributed by atoms with van der Waals surface area (Å²) in [7, 11) is 0. The quantitative estimate of drug-likeness (QED) is 0.492. The third kappa shape index (κ3) is 5.32. The first-order valence-electron chi connectivity index (χ1n) is 9.04. The van der Waals surface area contributed by atoms with Gasteiger partial charge in [-0.25, -0.2) is 4.98 Å². The van der Waals surface area contributed by atoms with Gasteiger partial charge in [0, 0.05) is 23.2 Å². The van der Waals surface area contributed by atoms with Crippen LogP contribution < -0.4 is 5.32 Å². The van der Waals surface area contributed by atoms with Gasteiger partial charge in [0.25, 0.3) is 0 Å². The number of aromatic amines is 1. The smallest absolute Gasteiger partial charge is 0.303 e. The largest absolute Gasteiger partial charge is 0.456 e. The van der Waals surface area contributed by atoms with Crippen molar-refractivity contribution in [1.82, 2.24) is 15.3 Å². The number of esters is 1. The Balaban J connectivity index is 1.95. The van der Waals surface area contributed by atoms with Crippen LogP contribution in [0.4, 0.5) is 0 Å². The van der Waals surface area contributed by atoms with E-state index in [1.54, 1.807) is 6.33 Å². The van der Waals surface area contributed by atoms with E-state index >= 15 is 0 Å². The molecule has 2 unspecified atom stereocenters. The van der Waals surface area contributed by atoms with Crippen molar-refractivity contribution < 1.29 is 9.53 Å². The number of H-pyrrole nitrogens is 1. The number of hydrogen-bond donors (Lipinski definition) is 2. The number of ether oxygens (including phenoxy) is 1. The molecule has 0 saturated carbocycles. The molecule has 0 aliphatic heterocycles. The van der Waals surface area contributed by atoms with Crippen molar-refractivity contribution in [1.29, 1.82) is 0 Å². The van der Waals surface area contributed by atoms with Crippen LogP contribution in [0, 0.1) is 6.92 Å². The van der Waals surface area contributed by atoms with Crippen LogP contribution in [0.3, 0.4) is 0 Å². The number of halogens is 1. The summed E-state index contributed by atoms with van der Waals surface area (Å²) in [5.74, 6) is -0.287. The van der Waals surface area contributed by atoms with Crippen LogP contribution in [-0.4, -0.2) is 22.5 Å². The minimum absolute atomic E-state index is 0.121. The van der Waals surface area contributed by atoms with Gasteiger partial charge in [-0.05, 0) is 57.4 Å². The molecule has 6 heteroatoms. The Kier molecular flexibility index (Phi) is 7.23. The standard InChI is InChI=1S/C20H28ClN3O2/c1-5-20(4,16-8-10-17(21)11-9-16)24-12-6-7-18(26-15(3)25)19-14(2)22-13-23-19/h8-11,13,18,24H,5-7,12H2,1-4H3,(H,22,23). The lowest BCUT2D eigenvalue weighted by atomic mass is 9.89. The van der Waals surface area contributed by atoms with Crippen LogP contribution in [-0.2, 0) is 15.1 Å². The van der Waals surface area contributed by atoms with E-state index in [0.29, 0.717) is 0 Å². The van der Waals surface area contributed by atoms with Crippen molar-refractivity contribution in [2.45, 2.75) is 58.6 Å². The molecule has 0 fully saturated rings. The van der Waals surface area contributed by atoms with E-state index in [4.69, 9.17) is 16.3 Å². The highest BCUT2D eigenvalue weighted by molar-refractivity contribution is 6.30. The molecule has 1 heterocycles. The highest BCUT2D eigenvalue weighted by Crippen LogP contribution is 2.27. The second-order valence-electron chi connectivity index (χ2n) is 6.77. The van der Waals surface area contributed by atoms with Crippen LogP contribution in [0.1, 0.15) is 63.1 Å². The fourth-order valence-corrected chi connectivity index (χ4v) is 3.17. The van der Waals surface area contributed by atoms with Crippen LogP contribution in [0.5, 0.6) is 0 Å². The average Bonchev–Trinajstić information content (AvgIpc) is 3.03. The average molecular weight is 378 g/mol. The Morgan fingerprint density at radius 1 is 1.38 bits per heavy atom. The zero-order valence-electron chi connectivity index (χ0n) is 15.9. The molecule has 142 valence electrons. The maximum Gasteiger partial charge on any atom is 0.303 e. The highest BCUT2D eigenvalue weighted by Gasteiger charge is 2.24. The molecule has 2 atom stereocenters. The zero-order chi connectivity index (χ0) is 19.2. The number of nitrogens with zero attached hydrogens (tertiary/aromatic N) is 1. The number of carbonyl (C=O) groups excluding carboxylic acids is 1. The van der Waals surface area contributed by atoms with Gasteiger partial charge in [0.1, 0.15) is 11.8 Å². The molecule has 2 aromatic rings. The molecule has 1 aromatic heterocycles. The maximum atomic E-state index is 11.4. The number of carbonyl (C=O) groups is 1. The Labute approximate surface area is 160 Å². The summed E-state index contributed by atoms with van der Waals surface area (Å²) < 4.78 is 5.47. The van der Waals surface area contributed by atoms with Crippen molar-refractivity contribution in [3.05, 3.63) is 52.6 Å². The minimum atomic E-state index is -0.316. The monoisotopic (exact) mass is 377 g/mol. The highest BCUT2D eigenvalue weighted by atomic mass is 35.5. The predicted molar refractivity (Wildman–Crippen MR) is 104 cm³/mol. The molecule has 2 rings (SSSR count). The maximum absolute atomic E-state index is 11.4. The molecule has 1 aromatic carbocycles. The number of aryl methyl sites for hydroxylation is 1. The van der Waals surface area contributed by atoms with E-state index in [1.165, 1.54) is 12.5 Å². The van der Waals surface area contributed by atoms with Gasteiger partial charge in [0.2, 0.25) is 0 Å². The molecule has 0 aliphatic rings. The molecular formula is C20H28ClN3O2. The molecule has 2 N–H and O–H groups in total. The lowest BCUT2D eigenvalue weighted by Gasteiger charge is -2.31. The van der Waals surface area contributed by atoms with E-state index in [0.717, 1.165) is 42.2 Å². The number of aromatic nitrogens is 2. The zero-order valence-corrected chi connectivity index (χ0v) is 16.7. The summed E-state index contributed by atoms with van der Waals surface area (Å²) in [4.78, 5) is 18.8. The Hall–Kier alpha value is -1.85. The van der Waals surface area contributed by atoms with Crippen LogP contribution >= 0.6 is 11.6 Å². The van der Waals surface area contributed by atoms with Gasteiger partial charge in [-0.2, -0.15) is 0 Å². The molecule has 0 bridgehead atoms. The van der Waals surface area contributed by atoms with Crippen molar-refractivity contribution in [3.8, 4) is 0 Å². The molecule has 0 aliphatic carbocycles. The van der Waals surface area contributed by atoms with E-state index < -0.39 is 0 Å². The fraction of sp³-hybridized carbons (Fsp3) is 0.500. The van der Waals surface area contributed by atoms with E-state index in [9.17, 15) is 4.79 Å². The first kappa shape index (κ1) is 20.5. The van der Waals surface area contributed by atoms with Gasteiger partial charge >= 0.3 is 5.97 Å². The number of hydrogen-bond acceptors (Lipinski definition) is 4. The summed E-state index contributed by atoms with van der Waals surface area (Å²) in [6, 6.07) is 7.97. The van der Waals surface area contributed by atoms with Crippen molar-refractivity contribution in [2.24, 2.45) is 0 Å². The molecular weight excluding hydrogens is 350 g/mol. The van der Waals surface area contributed by atoms with Gasteiger partial charge in [-0.3, -0.25) is 4.79 Å². The van der Waals surface area contributed by atoms with Crippen LogP contribution in [0.2, 0.25) is 5.02 Å². The minimum Gasteiger partial charge on any atom is -0.456 e. The summed E-state index contributed by atoms with van der Waals surface area (Å²) in [6.45, 7) is 8.54. The lowest BCUT2D eigenvalue weighted by molar-refractivity contribution is -0.147. The first-order valence-corrected chi connectivity index (χ1v) is 9.41. The Bertz CT molecular complexity index is 714. The van der Waals surface area contributed by atoms with Gasteiger partial charge in [-0.15, -0.1) is 0 Å². The topological polar surface area (TPSA) is 67.0 Å². The Morgan fingerprint density at radius 2 is 2.08 bits per heavy atom. The van der Waals surface area contributed by atoms with Crippen molar-refractivity contribution in [2.75, 3.05) is 6.54 Å². The van der Waals surface area contributed by atoms with E-state index in [1.807, 2.05) is 19.1 Å². The molecule has 5 nitrogen and oxygen atoms in total. The second kappa shape index (κ2) is 9.19. The number of rotatable bonds is 9.